The number of carbonyl (C=O) groups is 3. The van der Waals surface area contributed by atoms with Crippen LogP contribution in [0.15, 0.2) is 34.2 Å². The van der Waals surface area contributed by atoms with Gasteiger partial charge in [-0.2, -0.15) is 0 Å². The van der Waals surface area contributed by atoms with Gasteiger partial charge in [-0.1, -0.05) is 0 Å². The van der Waals surface area contributed by atoms with Gasteiger partial charge >= 0.3 is 5.97 Å². The Bertz CT molecular complexity index is 888. The lowest BCUT2D eigenvalue weighted by atomic mass is 10.1. The van der Waals surface area contributed by atoms with E-state index in [0.29, 0.717) is 9.80 Å². The summed E-state index contributed by atoms with van der Waals surface area (Å²) in [6, 6.07) is 5.61. The summed E-state index contributed by atoms with van der Waals surface area (Å²) in [4.78, 5) is 48.6. The largest absolute Gasteiger partial charge is 0.456 e. The number of nitrogens with zero attached hydrogens (tertiary/aromatic N) is 2. The molecule has 2 heterocycles. The first-order valence-electron chi connectivity index (χ1n) is 8.24. The van der Waals surface area contributed by atoms with Crippen LogP contribution in [0.2, 0.25) is 0 Å². The van der Waals surface area contributed by atoms with E-state index in [-0.39, 0.29) is 34.8 Å². The number of thioether (sulfide) groups is 3. The van der Waals surface area contributed by atoms with E-state index in [1.165, 1.54) is 59.8 Å². The third kappa shape index (κ3) is 4.44. The number of non-ortho nitro benzene ring substituents is 1. The number of nitro benzene ring substituents is 1. The maximum atomic E-state index is 12.9. The SMILES string of the molecule is COC1C(=O)N(C(C(=O)OCc2ccc([N+](=O)[O-])cc2)=C2SCC(=O)S2)C1SC. The Hall–Kier alpha value is -2.02. The molecule has 154 valence electrons. The van der Waals surface area contributed by atoms with Gasteiger partial charge in [0.15, 0.2) is 11.8 Å². The van der Waals surface area contributed by atoms with Crippen molar-refractivity contribution in [2.75, 3.05) is 19.1 Å². The molecular weight excluding hydrogens is 440 g/mol. The summed E-state index contributed by atoms with van der Waals surface area (Å²) in [6.45, 7) is -0.128. The Kier molecular flexibility index (Phi) is 6.88. The van der Waals surface area contributed by atoms with Crippen LogP contribution in [0, 0.1) is 10.1 Å². The lowest BCUT2D eigenvalue weighted by Gasteiger charge is -2.45. The van der Waals surface area contributed by atoms with Crippen molar-refractivity contribution in [1.29, 1.82) is 0 Å². The van der Waals surface area contributed by atoms with E-state index in [1.807, 2.05) is 0 Å². The Morgan fingerprint density at radius 1 is 1.34 bits per heavy atom. The van der Waals surface area contributed by atoms with E-state index < -0.39 is 22.4 Å². The molecule has 0 N–H and O–H groups in total. The average molecular weight is 457 g/mol. The molecule has 9 nitrogen and oxygen atoms in total. The molecule has 0 bridgehead atoms. The Balaban J connectivity index is 1.80. The highest BCUT2D eigenvalue weighted by molar-refractivity contribution is 8.34. The van der Waals surface area contributed by atoms with E-state index >= 15 is 0 Å². The predicted octanol–water partition coefficient (Wildman–Crippen LogP) is 2.36. The zero-order chi connectivity index (χ0) is 21.1. The molecule has 2 aliphatic heterocycles. The molecule has 2 atom stereocenters. The fraction of sp³-hybridized carbons (Fsp3) is 0.353. The van der Waals surface area contributed by atoms with E-state index in [2.05, 4.69) is 0 Å². The molecule has 2 unspecified atom stereocenters. The Labute approximate surface area is 178 Å². The first-order valence-corrected chi connectivity index (χ1v) is 11.3. The van der Waals surface area contributed by atoms with Crippen molar-refractivity contribution >= 4 is 58.0 Å². The molecule has 0 saturated carbocycles. The molecule has 0 aromatic heterocycles. The quantitative estimate of drug-likeness (QED) is 0.199. The highest BCUT2D eigenvalue weighted by atomic mass is 32.2. The standard InChI is InChI=1S/C17H16N2O7S3/c1-25-13-14(21)18(15(13)27-2)12(17-28-8-11(20)29-17)16(22)26-7-9-3-5-10(6-4-9)19(23)24/h3-6,13,15H,7-8H2,1-2H3. The summed E-state index contributed by atoms with van der Waals surface area (Å²) in [5.74, 6) is -0.907. The Morgan fingerprint density at radius 2 is 2.03 bits per heavy atom. The summed E-state index contributed by atoms with van der Waals surface area (Å²) in [5.41, 5.74) is 0.521. The number of nitro groups is 1. The van der Waals surface area contributed by atoms with Crippen molar-refractivity contribution in [3.63, 3.8) is 0 Å². The summed E-state index contributed by atoms with van der Waals surface area (Å²) in [6.07, 6.45) is 1.12. The van der Waals surface area contributed by atoms with Crippen LogP contribution in [-0.2, 0) is 30.5 Å². The van der Waals surface area contributed by atoms with Gasteiger partial charge < -0.3 is 9.47 Å². The van der Waals surface area contributed by atoms with Crippen LogP contribution in [0.3, 0.4) is 0 Å². The Morgan fingerprint density at radius 3 is 2.55 bits per heavy atom. The normalized spacial score (nSPS) is 23.0. The van der Waals surface area contributed by atoms with E-state index in [9.17, 15) is 24.5 Å². The molecule has 0 radical (unpaired) electrons. The van der Waals surface area contributed by atoms with Crippen LogP contribution < -0.4 is 0 Å². The number of rotatable bonds is 7. The maximum absolute atomic E-state index is 12.9. The highest BCUT2D eigenvalue weighted by Gasteiger charge is 2.52. The van der Waals surface area contributed by atoms with Crippen molar-refractivity contribution < 1.29 is 28.8 Å². The lowest BCUT2D eigenvalue weighted by molar-refractivity contribution is -0.384. The average Bonchev–Trinajstić information content (AvgIpc) is 3.13. The third-order valence-electron chi connectivity index (χ3n) is 4.16. The number of hydrogen-bond acceptors (Lipinski definition) is 10. The third-order valence-corrected chi connectivity index (χ3v) is 7.50. The van der Waals surface area contributed by atoms with Gasteiger partial charge in [-0.25, -0.2) is 4.79 Å². The molecule has 1 amide bonds. The van der Waals surface area contributed by atoms with Crippen LogP contribution >= 0.6 is 35.3 Å². The van der Waals surface area contributed by atoms with Gasteiger partial charge in [-0.05, 0) is 35.7 Å². The van der Waals surface area contributed by atoms with Gasteiger partial charge in [0.2, 0.25) is 5.12 Å². The second-order valence-corrected chi connectivity index (χ2v) is 9.16. The molecular formula is C17H16N2O7S3. The van der Waals surface area contributed by atoms with Crippen molar-refractivity contribution in [3.8, 4) is 0 Å². The molecule has 0 aliphatic carbocycles. The monoisotopic (exact) mass is 456 g/mol. The van der Waals surface area contributed by atoms with Crippen LogP contribution in [0.25, 0.3) is 0 Å². The minimum atomic E-state index is -0.741. The van der Waals surface area contributed by atoms with Gasteiger partial charge in [0.1, 0.15) is 12.0 Å². The molecule has 1 aromatic carbocycles. The minimum absolute atomic E-state index is 0.0328. The maximum Gasteiger partial charge on any atom is 0.357 e. The van der Waals surface area contributed by atoms with Crippen molar-refractivity contribution in [3.05, 3.63) is 49.9 Å². The molecule has 2 saturated heterocycles. The van der Waals surface area contributed by atoms with Gasteiger partial charge in [0, 0.05) is 19.2 Å². The number of amides is 1. The summed E-state index contributed by atoms with van der Waals surface area (Å²) >= 11 is 3.45. The smallest absolute Gasteiger partial charge is 0.357 e. The summed E-state index contributed by atoms with van der Waals surface area (Å²) < 4.78 is 11.0. The number of methoxy groups -OCH3 is 1. The second-order valence-electron chi connectivity index (χ2n) is 5.89. The van der Waals surface area contributed by atoms with Gasteiger partial charge in [-0.15, -0.1) is 23.5 Å². The van der Waals surface area contributed by atoms with E-state index in [0.717, 1.165) is 11.8 Å². The number of ether oxygens (including phenoxy) is 2. The van der Waals surface area contributed by atoms with Gasteiger partial charge in [-0.3, -0.25) is 24.6 Å². The minimum Gasteiger partial charge on any atom is -0.456 e. The first-order chi connectivity index (χ1) is 13.9. The molecule has 3 rings (SSSR count). The molecule has 29 heavy (non-hydrogen) atoms. The summed E-state index contributed by atoms with van der Waals surface area (Å²) in [5, 5.41) is 10.2. The number of β-lactam (4-membered cyclic amide) rings is 1. The zero-order valence-corrected chi connectivity index (χ0v) is 17.8. The van der Waals surface area contributed by atoms with Crippen molar-refractivity contribution in [2.45, 2.75) is 18.1 Å². The fourth-order valence-electron chi connectivity index (χ4n) is 2.74. The van der Waals surface area contributed by atoms with Crippen molar-refractivity contribution in [2.24, 2.45) is 0 Å². The fourth-order valence-corrected chi connectivity index (χ4v) is 5.79. The number of hydrogen-bond donors (Lipinski definition) is 0. The molecule has 12 heteroatoms. The number of esters is 1. The van der Waals surface area contributed by atoms with E-state index in [1.54, 1.807) is 6.26 Å². The highest BCUT2D eigenvalue weighted by Crippen LogP contribution is 2.45. The first kappa shape index (κ1) is 21.7. The second kappa shape index (κ2) is 9.20. The molecule has 2 aliphatic rings. The van der Waals surface area contributed by atoms with Crippen LogP contribution in [-0.4, -0.2) is 57.4 Å². The number of benzene rings is 1. The van der Waals surface area contributed by atoms with Gasteiger partial charge in [0.25, 0.3) is 11.6 Å². The van der Waals surface area contributed by atoms with Crippen LogP contribution in [0.4, 0.5) is 5.69 Å². The van der Waals surface area contributed by atoms with E-state index in [4.69, 9.17) is 9.47 Å². The molecule has 2 fully saturated rings. The van der Waals surface area contributed by atoms with Crippen molar-refractivity contribution in [1.82, 2.24) is 4.90 Å². The van der Waals surface area contributed by atoms with Crippen LogP contribution in [0.1, 0.15) is 5.56 Å². The van der Waals surface area contributed by atoms with Crippen LogP contribution in [0.5, 0.6) is 0 Å². The lowest BCUT2D eigenvalue weighted by Crippen LogP contribution is -2.64. The summed E-state index contributed by atoms with van der Waals surface area (Å²) in [7, 11) is 1.42. The number of carbonyl (C=O) groups excluding carboxylic acids is 3. The topological polar surface area (TPSA) is 116 Å². The predicted molar refractivity (Wildman–Crippen MR) is 110 cm³/mol. The molecule has 0 spiro atoms. The number of likely N-dealkylation sites (tertiary alicyclic amines) is 1. The zero-order valence-electron chi connectivity index (χ0n) is 15.4. The molecule has 1 aromatic rings. The van der Waals surface area contributed by atoms with Gasteiger partial charge in [0.05, 0.1) is 14.9 Å².